The van der Waals surface area contributed by atoms with Crippen molar-refractivity contribution >= 4 is 12.9 Å². The first-order chi connectivity index (χ1) is 10.7. The molecular weight excluding hydrogens is 301 g/mol. The standard InChI is InChI=1S/C16H22NO4P/c1-19-22(18,20-2)15-12-21-16(17-10-6-3-7-11-17)14-9-5-4-8-13(14)15/h4-5,8-9,12,16H,3,6-7,10-11H2,1-2H3. The van der Waals surface area contributed by atoms with E-state index in [2.05, 4.69) is 4.90 Å². The van der Waals surface area contributed by atoms with E-state index < -0.39 is 7.60 Å². The van der Waals surface area contributed by atoms with Crippen LogP contribution in [-0.4, -0.2) is 32.2 Å². The highest BCUT2D eigenvalue weighted by atomic mass is 31.2. The van der Waals surface area contributed by atoms with Crippen LogP contribution in [0.1, 0.15) is 36.6 Å². The average Bonchev–Trinajstić information content (AvgIpc) is 2.61. The minimum Gasteiger partial charge on any atom is -0.478 e. The van der Waals surface area contributed by atoms with Gasteiger partial charge in [-0.3, -0.25) is 9.46 Å². The molecule has 6 heteroatoms. The van der Waals surface area contributed by atoms with Gasteiger partial charge in [0.25, 0.3) is 0 Å². The molecule has 0 spiro atoms. The number of hydrogen-bond donors (Lipinski definition) is 0. The summed E-state index contributed by atoms with van der Waals surface area (Å²) < 4.78 is 29.0. The van der Waals surface area contributed by atoms with Crippen molar-refractivity contribution in [2.24, 2.45) is 0 Å². The molecule has 0 bridgehead atoms. The van der Waals surface area contributed by atoms with Crippen molar-refractivity contribution in [3.05, 3.63) is 41.7 Å². The summed E-state index contributed by atoms with van der Waals surface area (Å²) in [6.45, 7) is 2.04. The fourth-order valence-electron chi connectivity index (χ4n) is 3.13. The second-order valence-corrected chi connectivity index (χ2v) is 7.75. The van der Waals surface area contributed by atoms with Crippen LogP contribution in [0.5, 0.6) is 0 Å². The number of piperidine rings is 1. The predicted molar refractivity (Wildman–Crippen MR) is 85.3 cm³/mol. The van der Waals surface area contributed by atoms with E-state index in [-0.39, 0.29) is 6.23 Å². The molecule has 2 aliphatic rings. The number of nitrogens with zero attached hydrogens (tertiary/aromatic N) is 1. The molecule has 1 aromatic carbocycles. The van der Waals surface area contributed by atoms with Gasteiger partial charge in [0.05, 0.1) is 0 Å². The second-order valence-electron chi connectivity index (χ2n) is 5.54. The van der Waals surface area contributed by atoms with Gasteiger partial charge < -0.3 is 13.8 Å². The maximum absolute atomic E-state index is 12.7. The van der Waals surface area contributed by atoms with E-state index in [9.17, 15) is 4.57 Å². The SMILES string of the molecule is COP(=O)(OC)C1=COC(N2CCCCC2)c2ccccc21. The highest BCUT2D eigenvalue weighted by Gasteiger charge is 2.37. The van der Waals surface area contributed by atoms with Crippen LogP contribution in [0.4, 0.5) is 0 Å². The molecule has 0 amide bonds. The van der Waals surface area contributed by atoms with Crippen molar-refractivity contribution < 1.29 is 18.3 Å². The molecule has 22 heavy (non-hydrogen) atoms. The Morgan fingerprint density at radius 3 is 2.50 bits per heavy atom. The lowest BCUT2D eigenvalue weighted by Crippen LogP contribution is -2.35. The summed E-state index contributed by atoms with van der Waals surface area (Å²) in [5, 5.41) is 0.487. The highest BCUT2D eigenvalue weighted by Crippen LogP contribution is 2.61. The van der Waals surface area contributed by atoms with Gasteiger partial charge in [0.2, 0.25) is 0 Å². The van der Waals surface area contributed by atoms with Gasteiger partial charge in [-0.1, -0.05) is 30.7 Å². The van der Waals surface area contributed by atoms with Crippen LogP contribution in [0, 0.1) is 0 Å². The number of fused-ring (bicyclic) bond motifs is 1. The van der Waals surface area contributed by atoms with E-state index in [0.717, 1.165) is 24.2 Å². The Labute approximate surface area is 131 Å². The lowest BCUT2D eigenvalue weighted by Gasteiger charge is -2.37. The lowest BCUT2D eigenvalue weighted by atomic mass is 10.0. The minimum absolute atomic E-state index is 0.123. The Bertz CT molecular complexity index is 602. The van der Waals surface area contributed by atoms with Crippen molar-refractivity contribution in [2.45, 2.75) is 25.5 Å². The first-order valence-corrected chi connectivity index (χ1v) is 9.15. The predicted octanol–water partition coefficient (Wildman–Crippen LogP) is 3.99. The molecule has 1 unspecified atom stereocenters. The molecule has 0 saturated carbocycles. The Morgan fingerprint density at radius 1 is 1.14 bits per heavy atom. The molecule has 0 radical (unpaired) electrons. The quantitative estimate of drug-likeness (QED) is 0.784. The van der Waals surface area contributed by atoms with Gasteiger partial charge in [-0.05, 0) is 12.8 Å². The molecule has 1 fully saturated rings. The first kappa shape index (κ1) is 15.8. The summed E-state index contributed by atoms with van der Waals surface area (Å²) in [7, 11) is -0.551. The third-order valence-corrected chi connectivity index (χ3v) is 6.21. The van der Waals surface area contributed by atoms with Crippen LogP contribution < -0.4 is 0 Å². The average molecular weight is 323 g/mol. The van der Waals surface area contributed by atoms with Gasteiger partial charge in [-0.25, -0.2) is 0 Å². The lowest BCUT2D eigenvalue weighted by molar-refractivity contribution is -0.0233. The van der Waals surface area contributed by atoms with Crippen LogP contribution in [0.3, 0.4) is 0 Å². The summed E-state index contributed by atoms with van der Waals surface area (Å²) in [6, 6.07) is 7.89. The number of benzene rings is 1. The second kappa shape index (κ2) is 6.55. The molecule has 0 aliphatic carbocycles. The molecule has 1 aromatic rings. The molecule has 0 N–H and O–H groups in total. The summed E-state index contributed by atoms with van der Waals surface area (Å²) in [4.78, 5) is 2.33. The molecule has 1 saturated heterocycles. The van der Waals surface area contributed by atoms with Crippen LogP contribution in [-0.2, 0) is 18.3 Å². The van der Waals surface area contributed by atoms with E-state index in [0.29, 0.717) is 5.31 Å². The van der Waals surface area contributed by atoms with Gasteiger partial charge in [0.15, 0.2) is 6.23 Å². The number of hydrogen-bond acceptors (Lipinski definition) is 5. The zero-order valence-electron chi connectivity index (χ0n) is 13.0. The van der Waals surface area contributed by atoms with E-state index in [1.807, 2.05) is 24.3 Å². The smallest absolute Gasteiger partial charge is 0.364 e. The Kier molecular flexibility index (Phi) is 4.69. The Morgan fingerprint density at radius 2 is 1.82 bits per heavy atom. The van der Waals surface area contributed by atoms with Crippen LogP contribution in [0.25, 0.3) is 5.31 Å². The van der Waals surface area contributed by atoms with Gasteiger partial charge in [0, 0.05) is 38.4 Å². The highest BCUT2D eigenvalue weighted by molar-refractivity contribution is 7.65. The van der Waals surface area contributed by atoms with Crippen molar-refractivity contribution in [1.29, 1.82) is 0 Å². The van der Waals surface area contributed by atoms with Crippen LogP contribution in [0.2, 0.25) is 0 Å². The zero-order valence-corrected chi connectivity index (χ0v) is 13.9. The summed E-state index contributed by atoms with van der Waals surface area (Å²) >= 11 is 0. The maximum Gasteiger partial charge on any atom is 0.364 e. The first-order valence-electron chi connectivity index (χ1n) is 7.60. The number of ether oxygens (including phenoxy) is 1. The summed E-state index contributed by atoms with van der Waals surface area (Å²) in [5.41, 5.74) is 1.91. The molecule has 2 heterocycles. The summed E-state index contributed by atoms with van der Waals surface area (Å²) in [5.74, 6) is 0. The van der Waals surface area contributed by atoms with Gasteiger partial charge in [-0.2, -0.15) is 0 Å². The van der Waals surface area contributed by atoms with E-state index in [1.165, 1.54) is 33.5 Å². The van der Waals surface area contributed by atoms with E-state index in [1.54, 1.807) is 6.26 Å². The van der Waals surface area contributed by atoms with Crippen LogP contribution >= 0.6 is 7.60 Å². The van der Waals surface area contributed by atoms with Gasteiger partial charge in [0.1, 0.15) is 11.6 Å². The third kappa shape index (κ3) is 2.74. The molecule has 3 rings (SSSR count). The minimum atomic E-state index is -3.34. The van der Waals surface area contributed by atoms with Crippen molar-refractivity contribution in [2.75, 3.05) is 27.3 Å². The number of rotatable bonds is 4. The van der Waals surface area contributed by atoms with Crippen molar-refractivity contribution in [1.82, 2.24) is 4.90 Å². The van der Waals surface area contributed by atoms with Gasteiger partial charge in [-0.15, -0.1) is 0 Å². The fourth-order valence-corrected chi connectivity index (χ4v) is 4.36. The normalized spacial score (nSPS) is 22.6. The molecule has 0 aromatic heterocycles. The Hall–Kier alpha value is -1.13. The molecular formula is C16H22NO4P. The largest absolute Gasteiger partial charge is 0.478 e. The molecule has 120 valence electrons. The maximum atomic E-state index is 12.7. The topological polar surface area (TPSA) is 48.0 Å². The zero-order chi connectivity index (χ0) is 15.6. The van der Waals surface area contributed by atoms with E-state index in [4.69, 9.17) is 13.8 Å². The van der Waals surface area contributed by atoms with E-state index >= 15 is 0 Å². The van der Waals surface area contributed by atoms with Crippen molar-refractivity contribution in [3.8, 4) is 0 Å². The number of likely N-dealkylation sites (tertiary alicyclic amines) is 1. The summed E-state index contributed by atoms with van der Waals surface area (Å²) in [6.07, 6.45) is 5.08. The molecule has 1 atom stereocenters. The molecule has 5 nitrogen and oxygen atoms in total. The molecule has 2 aliphatic heterocycles. The fraction of sp³-hybridized carbons (Fsp3) is 0.500. The Balaban J connectivity index is 1.99. The van der Waals surface area contributed by atoms with Crippen LogP contribution in [0.15, 0.2) is 30.5 Å². The third-order valence-electron chi connectivity index (χ3n) is 4.31. The van der Waals surface area contributed by atoms with Crippen molar-refractivity contribution in [3.63, 3.8) is 0 Å². The monoisotopic (exact) mass is 323 g/mol. The van der Waals surface area contributed by atoms with Gasteiger partial charge >= 0.3 is 7.60 Å².